The van der Waals surface area contributed by atoms with Gasteiger partial charge in [0.15, 0.2) is 0 Å². The van der Waals surface area contributed by atoms with Crippen LogP contribution in [0.3, 0.4) is 0 Å². The van der Waals surface area contributed by atoms with Crippen molar-refractivity contribution < 1.29 is 14.7 Å². The van der Waals surface area contributed by atoms with E-state index in [0.717, 1.165) is 10.9 Å². The van der Waals surface area contributed by atoms with Crippen molar-refractivity contribution in [3.8, 4) is 0 Å². The number of halogens is 1. The number of carboxylic acid groups (broad SMARTS) is 1. The van der Waals surface area contributed by atoms with Crippen LogP contribution in [0.15, 0.2) is 30.5 Å². The van der Waals surface area contributed by atoms with Crippen LogP contribution in [-0.2, 0) is 11.3 Å². The van der Waals surface area contributed by atoms with Gasteiger partial charge in [-0.05, 0) is 24.3 Å². The Balaban J connectivity index is 1.85. The molecule has 2 rings (SSSR count). The number of fused-ring (bicyclic) bond motifs is 1. The van der Waals surface area contributed by atoms with Gasteiger partial charge in [-0.15, -0.1) is 0 Å². The molecule has 0 spiro atoms. The predicted molar refractivity (Wildman–Crippen MR) is 85.2 cm³/mol. The van der Waals surface area contributed by atoms with E-state index in [0.29, 0.717) is 18.1 Å². The number of amides is 2. The zero-order chi connectivity index (χ0) is 16.1. The van der Waals surface area contributed by atoms with E-state index < -0.39 is 5.97 Å². The zero-order valence-electron chi connectivity index (χ0n) is 12.3. The second kappa shape index (κ2) is 7.17. The lowest BCUT2D eigenvalue weighted by atomic mass is 10.2. The Hall–Kier alpha value is -2.21. The summed E-state index contributed by atoms with van der Waals surface area (Å²) in [6, 6.07) is 7.37. The van der Waals surface area contributed by atoms with Gasteiger partial charge in [0.05, 0.1) is 6.42 Å². The third kappa shape index (κ3) is 4.14. The number of carboxylic acids is 1. The average molecular weight is 324 g/mol. The van der Waals surface area contributed by atoms with Crippen LogP contribution in [0.2, 0.25) is 5.02 Å². The molecule has 0 saturated heterocycles. The molecular formula is C15H18ClN3O3. The van der Waals surface area contributed by atoms with Crippen LogP contribution in [0, 0.1) is 0 Å². The van der Waals surface area contributed by atoms with E-state index in [1.165, 1.54) is 4.90 Å². The van der Waals surface area contributed by atoms with Gasteiger partial charge < -0.3 is 19.9 Å². The average Bonchev–Trinajstić information content (AvgIpc) is 2.86. The number of nitrogens with one attached hydrogen (secondary N) is 1. The molecule has 22 heavy (non-hydrogen) atoms. The molecule has 0 unspecified atom stereocenters. The number of carbonyl (C=O) groups is 2. The molecule has 1 aromatic heterocycles. The van der Waals surface area contributed by atoms with E-state index in [9.17, 15) is 9.59 Å². The lowest BCUT2D eigenvalue weighted by Gasteiger charge is -2.17. The maximum atomic E-state index is 11.8. The maximum Gasteiger partial charge on any atom is 0.317 e. The van der Waals surface area contributed by atoms with E-state index in [4.69, 9.17) is 16.7 Å². The van der Waals surface area contributed by atoms with Crippen LogP contribution in [0.25, 0.3) is 10.9 Å². The van der Waals surface area contributed by atoms with Gasteiger partial charge in [0.2, 0.25) is 0 Å². The highest BCUT2D eigenvalue weighted by atomic mass is 35.5. The van der Waals surface area contributed by atoms with Gasteiger partial charge in [0, 0.05) is 48.8 Å². The first-order valence-electron chi connectivity index (χ1n) is 6.92. The minimum atomic E-state index is -0.919. The highest BCUT2D eigenvalue weighted by Gasteiger charge is 2.09. The summed E-state index contributed by atoms with van der Waals surface area (Å²) >= 11 is 5.95. The number of nitrogens with zero attached hydrogens (tertiary/aromatic N) is 2. The first kappa shape index (κ1) is 16.2. The van der Waals surface area contributed by atoms with Gasteiger partial charge in [0.25, 0.3) is 0 Å². The number of hydrogen-bond acceptors (Lipinski definition) is 2. The quantitative estimate of drug-likeness (QED) is 0.857. The number of carbonyl (C=O) groups excluding carboxylic acids is 1. The number of urea groups is 1. The summed E-state index contributed by atoms with van der Waals surface area (Å²) in [5.41, 5.74) is 1.05. The molecule has 0 atom stereocenters. The van der Waals surface area contributed by atoms with E-state index in [2.05, 4.69) is 5.32 Å². The van der Waals surface area contributed by atoms with Crippen LogP contribution < -0.4 is 5.32 Å². The molecule has 1 aromatic carbocycles. The van der Waals surface area contributed by atoms with Crippen LogP contribution in [0.4, 0.5) is 4.79 Å². The number of rotatable bonds is 6. The summed E-state index contributed by atoms with van der Waals surface area (Å²) in [7, 11) is 1.57. The zero-order valence-corrected chi connectivity index (χ0v) is 13.0. The fourth-order valence-corrected chi connectivity index (χ4v) is 2.33. The molecule has 0 fully saturated rings. The summed E-state index contributed by atoms with van der Waals surface area (Å²) in [6.07, 6.45) is 1.88. The molecule has 0 aliphatic rings. The molecule has 7 heteroatoms. The number of benzene rings is 1. The number of aromatic nitrogens is 1. The highest BCUT2D eigenvalue weighted by Crippen LogP contribution is 2.20. The first-order chi connectivity index (χ1) is 10.5. The molecule has 1 heterocycles. The molecule has 0 aliphatic heterocycles. The molecule has 0 bridgehead atoms. The van der Waals surface area contributed by atoms with E-state index in [-0.39, 0.29) is 19.0 Å². The van der Waals surface area contributed by atoms with Gasteiger partial charge >= 0.3 is 12.0 Å². The lowest BCUT2D eigenvalue weighted by molar-refractivity contribution is -0.137. The van der Waals surface area contributed by atoms with Crippen molar-refractivity contribution in [2.75, 3.05) is 20.1 Å². The lowest BCUT2D eigenvalue weighted by Crippen LogP contribution is -2.39. The van der Waals surface area contributed by atoms with E-state index in [1.54, 1.807) is 7.05 Å². The predicted octanol–water partition coefficient (Wildman–Crippen LogP) is 2.41. The van der Waals surface area contributed by atoms with Crippen molar-refractivity contribution in [3.63, 3.8) is 0 Å². The summed E-state index contributed by atoms with van der Waals surface area (Å²) in [5, 5.41) is 13.1. The smallest absolute Gasteiger partial charge is 0.317 e. The normalized spacial score (nSPS) is 10.6. The summed E-state index contributed by atoms with van der Waals surface area (Å²) in [5.74, 6) is -0.919. The number of hydrogen-bond donors (Lipinski definition) is 2. The van der Waals surface area contributed by atoms with Gasteiger partial charge in [0.1, 0.15) is 0 Å². The summed E-state index contributed by atoms with van der Waals surface area (Å²) in [4.78, 5) is 23.6. The highest BCUT2D eigenvalue weighted by molar-refractivity contribution is 6.31. The fourth-order valence-electron chi connectivity index (χ4n) is 2.15. The minimum Gasteiger partial charge on any atom is -0.481 e. The number of aliphatic carboxylic acids is 1. The van der Waals surface area contributed by atoms with Crippen molar-refractivity contribution >= 4 is 34.5 Å². The molecule has 118 valence electrons. The largest absolute Gasteiger partial charge is 0.481 e. The first-order valence-corrected chi connectivity index (χ1v) is 7.30. The summed E-state index contributed by atoms with van der Waals surface area (Å²) < 4.78 is 2.03. The van der Waals surface area contributed by atoms with Gasteiger partial charge in [-0.3, -0.25) is 4.79 Å². The monoisotopic (exact) mass is 323 g/mol. The molecule has 2 aromatic rings. The van der Waals surface area contributed by atoms with Crippen molar-refractivity contribution in [1.82, 2.24) is 14.8 Å². The van der Waals surface area contributed by atoms with Crippen molar-refractivity contribution in [3.05, 3.63) is 35.5 Å². The van der Waals surface area contributed by atoms with Crippen LogP contribution in [-0.4, -0.2) is 46.7 Å². The maximum absolute atomic E-state index is 11.8. The van der Waals surface area contributed by atoms with Gasteiger partial charge in [-0.1, -0.05) is 11.6 Å². The summed E-state index contributed by atoms with van der Waals surface area (Å²) in [6.45, 7) is 1.28. The molecule has 6 nitrogen and oxygen atoms in total. The van der Waals surface area contributed by atoms with Crippen molar-refractivity contribution in [1.29, 1.82) is 0 Å². The van der Waals surface area contributed by atoms with E-state index >= 15 is 0 Å². The SMILES string of the molecule is CN(CCC(=O)O)C(=O)NCCn1ccc2cc(Cl)ccc21. The van der Waals surface area contributed by atoms with Crippen LogP contribution in [0.5, 0.6) is 0 Å². The van der Waals surface area contributed by atoms with Crippen LogP contribution >= 0.6 is 11.6 Å². The molecule has 2 amide bonds. The Morgan fingerprint density at radius 1 is 1.36 bits per heavy atom. The third-order valence-corrected chi connectivity index (χ3v) is 3.60. The van der Waals surface area contributed by atoms with Crippen LogP contribution in [0.1, 0.15) is 6.42 Å². The van der Waals surface area contributed by atoms with E-state index in [1.807, 2.05) is 35.0 Å². The van der Waals surface area contributed by atoms with Crippen molar-refractivity contribution in [2.45, 2.75) is 13.0 Å². The Labute approximate surface area is 133 Å². The Bertz CT molecular complexity index is 684. The molecule has 0 aliphatic carbocycles. The Morgan fingerprint density at radius 3 is 2.86 bits per heavy atom. The van der Waals surface area contributed by atoms with Crippen molar-refractivity contribution in [2.24, 2.45) is 0 Å². The molecular weight excluding hydrogens is 306 g/mol. The fraction of sp³-hybridized carbons (Fsp3) is 0.333. The minimum absolute atomic E-state index is 0.0626. The standard InChI is InChI=1S/C15H18ClN3O3/c1-18(7-5-14(20)21)15(22)17-6-9-19-8-4-11-10-12(16)2-3-13(11)19/h2-4,8,10H,5-7,9H2,1H3,(H,17,22)(H,20,21). The Kier molecular flexibility index (Phi) is 5.27. The molecule has 2 N–H and O–H groups in total. The Morgan fingerprint density at radius 2 is 2.14 bits per heavy atom. The van der Waals surface area contributed by atoms with Gasteiger partial charge in [-0.2, -0.15) is 0 Å². The third-order valence-electron chi connectivity index (χ3n) is 3.37. The molecule has 0 saturated carbocycles. The topological polar surface area (TPSA) is 74.6 Å². The second-order valence-corrected chi connectivity index (χ2v) is 5.45. The second-order valence-electron chi connectivity index (χ2n) is 5.01. The van der Waals surface area contributed by atoms with Gasteiger partial charge in [-0.25, -0.2) is 4.79 Å². The molecule has 0 radical (unpaired) electrons.